The van der Waals surface area contributed by atoms with Crippen molar-refractivity contribution >= 4 is 16.6 Å². The van der Waals surface area contributed by atoms with Gasteiger partial charge in [-0.1, -0.05) is 30.3 Å². The van der Waals surface area contributed by atoms with Crippen LogP contribution in [0.25, 0.3) is 16.6 Å². The Kier molecular flexibility index (Phi) is 5.21. The zero-order valence-corrected chi connectivity index (χ0v) is 17.2. The number of nitrogens with zero attached hydrogens (tertiary/aromatic N) is 3. The third kappa shape index (κ3) is 3.88. The van der Waals surface area contributed by atoms with Gasteiger partial charge in [-0.3, -0.25) is 4.79 Å². The molecule has 166 valence electrons. The molecule has 1 aromatic carbocycles. The number of rotatable bonds is 4. The van der Waals surface area contributed by atoms with E-state index in [0.29, 0.717) is 41.2 Å². The number of alkyl halides is 3. The Balaban J connectivity index is 1.49. The first-order chi connectivity index (χ1) is 15.4. The molecule has 1 N–H and O–H groups in total. The molecule has 2 aromatic heterocycles. The first-order valence-electron chi connectivity index (χ1n) is 10.5. The number of hydrogen-bond donors (Lipinski definition) is 1. The van der Waals surface area contributed by atoms with Crippen LogP contribution in [0.15, 0.2) is 53.0 Å². The smallest absolute Gasteiger partial charge is 0.381 e. The van der Waals surface area contributed by atoms with E-state index in [-0.39, 0.29) is 24.4 Å². The van der Waals surface area contributed by atoms with Crippen molar-refractivity contribution < 1.29 is 17.9 Å². The molecule has 1 saturated heterocycles. The molecule has 0 unspecified atom stereocenters. The van der Waals surface area contributed by atoms with Crippen LogP contribution >= 0.6 is 0 Å². The summed E-state index contributed by atoms with van der Waals surface area (Å²) in [5.41, 5.74) is 1.71. The van der Waals surface area contributed by atoms with Gasteiger partial charge in [-0.15, -0.1) is 0 Å². The highest BCUT2D eigenvalue weighted by atomic mass is 19.4. The number of fused-ring (bicyclic) bond motifs is 1. The molecule has 1 fully saturated rings. The van der Waals surface area contributed by atoms with Crippen LogP contribution in [0.2, 0.25) is 0 Å². The minimum absolute atomic E-state index is 0.116. The fourth-order valence-electron chi connectivity index (χ4n) is 4.31. The van der Waals surface area contributed by atoms with E-state index in [1.165, 1.54) is 12.3 Å². The maximum absolute atomic E-state index is 13.1. The van der Waals surface area contributed by atoms with Crippen LogP contribution in [-0.2, 0) is 11.2 Å². The zero-order valence-electron chi connectivity index (χ0n) is 17.2. The van der Waals surface area contributed by atoms with Crippen molar-refractivity contribution in [1.29, 1.82) is 0 Å². The summed E-state index contributed by atoms with van der Waals surface area (Å²) in [4.78, 5) is 20.1. The summed E-state index contributed by atoms with van der Waals surface area (Å²) in [7, 11) is 0. The fraction of sp³-hybridized carbons (Fsp3) is 0.348. The van der Waals surface area contributed by atoms with Gasteiger partial charge in [0.25, 0.3) is 5.56 Å². The van der Waals surface area contributed by atoms with Gasteiger partial charge in [-0.25, -0.2) is 9.67 Å². The maximum Gasteiger partial charge on any atom is 0.413 e. The highest BCUT2D eigenvalue weighted by molar-refractivity contribution is 5.80. The van der Waals surface area contributed by atoms with Crippen molar-refractivity contribution in [3.8, 4) is 0 Å². The predicted octanol–water partition coefficient (Wildman–Crippen LogP) is 4.34. The lowest BCUT2D eigenvalue weighted by molar-refractivity contribution is -0.0925. The Morgan fingerprint density at radius 2 is 1.97 bits per heavy atom. The maximum atomic E-state index is 13.1. The minimum atomic E-state index is -4.34. The number of aromatic amines is 1. The molecule has 3 aromatic rings. The predicted molar refractivity (Wildman–Crippen MR) is 113 cm³/mol. The van der Waals surface area contributed by atoms with Crippen LogP contribution in [0.3, 0.4) is 0 Å². The van der Waals surface area contributed by atoms with E-state index in [1.807, 2.05) is 12.1 Å². The number of ether oxygens (including phenoxy) is 1. The van der Waals surface area contributed by atoms with Gasteiger partial charge in [0.05, 0.1) is 12.2 Å². The quantitative estimate of drug-likeness (QED) is 0.653. The second-order valence-electron chi connectivity index (χ2n) is 8.05. The van der Waals surface area contributed by atoms with E-state index in [1.54, 1.807) is 22.9 Å². The molecule has 32 heavy (non-hydrogen) atoms. The topological polar surface area (TPSA) is 72.8 Å². The van der Waals surface area contributed by atoms with Crippen molar-refractivity contribution in [3.05, 3.63) is 75.5 Å². The van der Waals surface area contributed by atoms with Crippen LogP contribution in [0.4, 0.5) is 13.2 Å². The molecule has 1 aliphatic carbocycles. The lowest BCUT2D eigenvalue weighted by atomic mass is 9.98. The van der Waals surface area contributed by atoms with Crippen molar-refractivity contribution in [3.63, 3.8) is 0 Å². The molecule has 1 aliphatic heterocycles. The molecule has 0 spiro atoms. The van der Waals surface area contributed by atoms with Gasteiger partial charge in [0.2, 0.25) is 0 Å². The Labute approximate surface area is 181 Å². The van der Waals surface area contributed by atoms with Crippen LogP contribution in [0.1, 0.15) is 42.3 Å². The van der Waals surface area contributed by atoms with Gasteiger partial charge in [0.15, 0.2) is 5.65 Å². The first-order valence-corrected chi connectivity index (χ1v) is 10.5. The first kappa shape index (κ1) is 20.7. The lowest BCUT2D eigenvalue weighted by Crippen LogP contribution is -2.21. The zero-order chi connectivity index (χ0) is 22.3. The number of nitrogens with one attached hydrogen (secondary N) is 1. The monoisotopic (exact) mass is 442 g/mol. The number of H-pyrrole nitrogens is 1. The summed E-state index contributed by atoms with van der Waals surface area (Å²) in [6, 6.07) is 7.37. The highest BCUT2D eigenvalue weighted by Crippen LogP contribution is 2.37. The fourth-order valence-corrected chi connectivity index (χ4v) is 4.31. The second-order valence-corrected chi connectivity index (χ2v) is 8.05. The molecule has 6 nitrogen and oxygen atoms in total. The van der Waals surface area contributed by atoms with E-state index < -0.39 is 11.7 Å². The Bertz CT molecular complexity index is 1280. The molecule has 0 bridgehead atoms. The van der Waals surface area contributed by atoms with Crippen molar-refractivity contribution in [1.82, 2.24) is 19.7 Å². The number of halogens is 3. The van der Waals surface area contributed by atoms with E-state index >= 15 is 0 Å². The third-order valence-electron chi connectivity index (χ3n) is 5.97. The number of aromatic nitrogens is 4. The molecule has 0 saturated carbocycles. The lowest BCUT2D eigenvalue weighted by Gasteiger charge is -2.22. The molecule has 3 heterocycles. The summed E-state index contributed by atoms with van der Waals surface area (Å²) < 4.78 is 46.5. The number of allylic oxidation sites excluding steroid dienone is 4. The van der Waals surface area contributed by atoms with Gasteiger partial charge in [-0.05, 0) is 42.0 Å². The van der Waals surface area contributed by atoms with Gasteiger partial charge in [0.1, 0.15) is 11.2 Å². The van der Waals surface area contributed by atoms with E-state index in [4.69, 9.17) is 4.74 Å². The molecule has 0 amide bonds. The van der Waals surface area contributed by atoms with Crippen LogP contribution in [0.5, 0.6) is 0 Å². The van der Waals surface area contributed by atoms with Crippen LogP contribution < -0.4 is 5.56 Å². The highest BCUT2D eigenvalue weighted by Gasteiger charge is 2.35. The standard InChI is InChI=1S/C23H21F3N4O2/c24-23(25,26)16-6-5-15(11-16)18-4-2-1-3-14(18)12-20-28-21-19(22(31)29-20)13-27-30(21)17-7-9-32-10-8-17/h1-5,11,13,17H,6-10,12H2,(H,28,29,31). The van der Waals surface area contributed by atoms with E-state index in [2.05, 4.69) is 15.1 Å². The summed E-state index contributed by atoms with van der Waals surface area (Å²) in [6.07, 6.45) is 1.71. The van der Waals surface area contributed by atoms with Crippen molar-refractivity contribution in [2.75, 3.05) is 13.2 Å². The Hall–Kier alpha value is -3.20. The van der Waals surface area contributed by atoms with Gasteiger partial charge >= 0.3 is 6.18 Å². The van der Waals surface area contributed by atoms with Gasteiger partial charge in [-0.2, -0.15) is 18.3 Å². The van der Waals surface area contributed by atoms with Gasteiger partial charge < -0.3 is 9.72 Å². The normalized spacial score (nSPS) is 17.6. The molecule has 5 rings (SSSR count). The molecule has 9 heteroatoms. The van der Waals surface area contributed by atoms with E-state index in [0.717, 1.165) is 18.4 Å². The van der Waals surface area contributed by atoms with Crippen LogP contribution in [0, 0.1) is 0 Å². The minimum Gasteiger partial charge on any atom is -0.381 e. The van der Waals surface area contributed by atoms with Crippen molar-refractivity contribution in [2.24, 2.45) is 0 Å². The average Bonchev–Trinajstić information content (AvgIpc) is 3.43. The van der Waals surface area contributed by atoms with E-state index in [9.17, 15) is 18.0 Å². The molecular formula is C23H21F3N4O2. The largest absolute Gasteiger partial charge is 0.413 e. The SMILES string of the molecule is O=c1[nH]c(Cc2ccccc2C2=CCC(C(F)(F)F)=C2)nc2c1cnn2C1CCOCC1. The summed E-state index contributed by atoms with van der Waals surface area (Å²) in [5, 5.41) is 4.82. The number of hydrogen-bond acceptors (Lipinski definition) is 4. The summed E-state index contributed by atoms with van der Waals surface area (Å²) >= 11 is 0. The third-order valence-corrected chi connectivity index (χ3v) is 5.97. The Morgan fingerprint density at radius 3 is 2.72 bits per heavy atom. The summed E-state index contributed by atoms with van der Waals surface area (Å²) in [5.74, 6) is 0.447. The molecular weight excluding hydrogens is 421 g/mol. The Morgan fingerprint density at radius 1 is 1.19 bits per heavy atom. The van der Waals surface area contributed by atoms with Crippen molar-refractivity contribution in [2.45, 2.75) is 37.9 Å². The number of benzene rings is 1. The van der Waals surface area contributed by atoms with Crippen LogP contribution in [-0.4, -0.2) is 39.1 Å². The molecule has 2 aliphatic rings. The molecule has 0 radical (unpaired) electrons. The summed E-state index contributed by atoms with van der Waals surface area (Å²) in [6.45, 7) is 1.27. The average molecular weight is 442 g/mol. The second kappa shape index (κ2) is 8.05. The molecule has 0 atom stereocenters. The van der Waals surface area contributed by atoms with Gasteiger partial charge in [0, 0.05) is 25.2 Å².